The molecule has 0 amide bonds. The molecule has 5 nitrogen and oxygen atoms in total. The van der Waals surface area contributed by atoms with E-state index in [0.29, 0.717) is 22.2 Å². The van der Waals surface area contributed by atoms with E-state index >= 15 is 0 Å². The van der Waals surface area contributed by atoms with E-state index in [4.69, 9.17) is 0 Å². The molecule has 0 unspecified atom stereocenters. The summed E-state index contributed by atoms with van der Waals surface area (Å²) in [7, 11) is -3.34. The van der Waals surface area contributed by atoms with Gasteiger partial charge < -0.3 is 5.32 Å². The Morgan fingerprint density at radius 3 is 2.11 bits per heavy atom. The van der Waals surface area contributed by atoms with Crippen molar-refractivity contribution < 1.29 is 21.6 Å². The average Bonchev–Trinajstić information content (AvgIpc) is 3.02. The normalized spacial score (nSPS) is 12.0. The zero-order valence-electron chi connectivity index (χ0n) is 13.9. The van der Waals surface area contributed by atoms with E-state index < -0.39 is 21.8 Å². The molecule has 2 N–H and O–H groups in total. The lowest BCUT2D eigenvalue weighted by molar-refractivity contribution is -0.137. The number of aromatic nitrogens is 1. The van der Waals surface area contributed by atoms with Crippen LogP contribution in [0.5, 0.6) is 0 Å². The van der Waals surface area contributed by atoms with E-state index in [1.165, 1.54) is 23.5 Å². The Kier molecular flexibility index (Phi) is 5.11. The first kappa shape index (κ1) is 19.2. The highest BCUT2D eigenvalue weighted by atomic mass is 32.2. The number of rotatable bonds is 5. The highest BCUT2D eigenvalue weighted by Crippen LogP contribution is 2.31. The maximum Gasteiger partial charge on any atom is 0.416 e. The summed E-state index contributed by atoms with van der Waals surface area (Å²) in [5.74, 6) is 0. The molecule has 3 rings (SSSR count). The van der Waals surface area contributed by atoms with Crippen LogP contribution in [0.15, 0.2) is 53.9 Å². The Bertz CT molecular complexity index is 1030. The molecule has 0 aliphatic heterocycles. The molecular formula is C17H14F3N3O2S2. The van der Waals surface area contributed by atoms with Gasteiger partial charge in [0.2, 0.25) is 10.0 Å². The van der Waals surface area contributed by atoms with Crippen molar-refractivity contribution in [3.8, 4) is 11.3 Å². The summed E-state index contributed by atoms with van der Waals surface area (Å²) in [6, 6.07) is 11.4. The van der Waals surface area contributed by atoms with Gasteiger partial charge in [0.1, 0.15) is 0 Å². The number of benzene rings is 2. The molecule has 1 heterocycles. The fourth-order valence-corrected chi connectivity index (χ4v) is 3.56. The van der Waals surface area contributed by atoms with E-state index in [2.05, 4.69) is 15.0 Å². The van der Waals surface area contributed by atoms with Gasteiger partial charge in [-0.15, -0.1) is 11.3 Å². The zero-order chi connectivity index (χ0) is 19.7. The molecule has 10 heteroatoms. The van der Waals surface area contributed by atoms with Crippen molar-refractivity contribution in [2.75, 3.05) is 16.3 Å². The van der Waals surface area contributed by atoms with Gasteiger partial charge in [-0.2, -0.15) is 13.2 Å². The van der Waals surface area contributed by atoms with Crippen molar-refractivity contribution in [2.45, 2.75) is 6.18 Å². The topological polar surface area (TPSA) is 71.1 Å². The standard InChI is InChI=1S/C17H14F3N3O2S2/c1-27(24,25)23-14-6-2-11(3-7-14)15-10-26-16(22-15)21-13-8-4-12(5-9-13)17(18,19)20/h2-10,23H,1H3,(H,21,22). The van der Waals surface area contributed by atoms with Crippen LogP contribution in [0.1, 0.15) is 5.56 Å². The van der Waals surface area contributed by atoms with Gasteiger partial charge >= 0.3 is 6.18 Å². The Morgan fingerprint density at radius 2 is 1.56 bits per heavy atom. The van der Waals surface area contributed by atoms with Crippen LogP contribution in [0.2, 0.25) is 0 Å². The molecule has 1 aromatic heterocycles. The molecule has 2 aromatic carbocycles. The Balaban J connectivity index is 1.71. The molecule has 0 aliphatic carbocycles. The molecule has 142 valence electrons. The number of sulfonamides is 1. The van der Waals surface area contributed by atoms with Crippen LogP contribution in [0.25, 0.3) is 11.3 Å². The van der Waals surface area contributed by atoms with E-state index in [1.54, 1.807) is 29.6 Å². The van der Waals surface area contributed by atoms with Crippen molar-refractivity contribution in [3.63, 3.8) is 0 Å². The molecule has 3 aromatic rings. The Labute approximate surface area is 157 Å². The second-order valence-corrected chi connectivity index (χ2v) is 8.30. The third-order valence-corrected chi connectivity index (χ3v) is 4.82. The van der Waals surface area contributed by atoms with Crippen LogP contribution in [-0.2, 0) is 16.2 Å². The summed E-state index contributed by atoms with van der Waals surface area (Å²) in [6.45, 7) is 0. The Hall–Kier alpha value is -2.59. The summed E-state index contributed by atoms with van der Waals surface area (Å²) < 4.78 is 62.6. The molecule has 0 bridgehead atoms. The fourth-order valence-electron chi connectivity index (χ4n) is 2.25. The quantitative estimate of drug-likeness (QED) is 0.621. The average molecular weight is 413 g/mol. The summed E-state index contributed by atoms with van der Waals surface area (Å²) in [5, 5.41) is 5.29. The largest absolute Gasteiger partial charge is 0.416 e. The number of nitrogens with one attached hydrogen (secondary N) is 2. The first-order chi connectivity index (χ1) is 12.6. The first-order valence-corrected chi connectivity index (χ1v) is 10.4. The van der Waals surface area contributed by atoms with Gasteiger partial charge in [-0.3, -0.25) is 4.72 Å². The van der Waals surface area contributed by atoms with Gasteiger partial charge in [0, 0.05) is 22.3 Å². The highest BCUT2D eigenvalue weighted by Gasteiger charge is 2.29. The van der Waals surface area contributed by atoms with Gasteiger partial charge in [0.05, 0.1) is 17.5 Å². The number of alkyl halides is 3. The van der Waals surface area contributed by atoms with Crippen molar-refractivity contribution >= 4 is 37.9 Å². The molecule has 0 fully saturated rings. The molecule has 0 saturated heterocycles. The number of anilines is 3. The lowest BCUT2D eigenvalue weighted by Gasteiger charge is -2.08. The van der Waals surface area contributed by atoms with Gasteiger partial charge in [0.25, 0.3) is 0 Å². The highest BCUT2D eigenvalue weighted by molar-refractivity contribution is 7.92. The van der Waals surface area contributed by atoms with Crippen molar-refractivity contribution in [2.24, 2.45) is 0 Å². The van der Waals surface area contributed by atoms with Crippen molar-refractivity contribution in [3.05, 3.63) is 59.5 Å². The number of hydrogen-bond donors (Lipinski definition) is 2. The molecule has 0 spiro atoms. The second kappa shape index (κ2) is 7.20. The lowest BCUT2D eigenvalue weighted by atomic mass is 10.1. The van der Waals surface area contributed by atoms with Crippen molar-refractivity contribution in [1.82, 2.24) is 4.98 Å². The maximum atomic E-state index is 12.6. The van der Waals surface area contributed by atoms with Crippen LogP contribution in [0.4, 0.5) is 29.7 Å². The minimum absolute atomic E-state index is 0.444. The van der Waals surface area contributed by atoms with Gasteiger partial charge in [-0.05, 0) is 36.4 Å². The van der Waals surface area contributed by atoms with E-state index in [9.17, 15) is 21.6 Å². The molecule has 27 heavy (non-hydrogen) atoms. The molecule has 0 atom stereocenters. The van der Waals surface area contributed by atoms with Crippen LogP contribution in [0.3, 0.4) is 0 Å². The van der Waals surface area contributed by atoms with Crippen LogP contribution >= 0.6 is 11.3 Å². The minimum atomic E-state index is -4.37. The fraction of sp³-hybridized carbons (Fsp3) is 0.118. The monoisotopic (exact) mass is 413 g/mol. The summed E-state index contributed by atoms with van der Waals surface area (Å²) in [5.41, 5.74) is 1.68. The zero-order valence-corrected chi connectivity index (χ0v) is 15.5. The number of nitrogens with zero attached hydrogens (tertiary/aromatic N) is 1. The molecular weight excluding hydrogens is 399 g/mol. The maximum absolute atomic E-state index is 12.6. The van der Waals surface area contributed by atoms with E-state index in [0.717, 1.165) is 24.0 Å². The predicted molar refractivity (Wildman–Crippen MR) is 101 cm³/mol. The first-order valence-electron chi connectivity index (χ1n) is 7.58. The van der Waals surface area contributed by atoms with Crippen LogP contribution < -0.4 is 10.0 Å². The predicted octanol–water partition coefficient (Wildman–Crippen LogP) is 4.94. The molecule has 0 radical (unpaired) electrons. The van der Waals surface area contributed by atoms with Gasteiger partial charge in [-0.25, -0.2) is 13.4 Å². The third kappa shape index (κ3) is 5.20. The smallest absolute Gasteiger partial charge is 0.332 e. The molecule has 0 aliphatic rings. The number of halogens is 3. The van der Waals surface area contributed by atoms with Gasteiger partial charge in [-0.1, -0.05) is 12.1 Å². The summed E-state index contributed by atoms with van der Waals surface area (Å²) in [6.07, 6.45) is -3.30. The second-order valence-electron chi connectivity index (χ2n) is 5.69. The lowest BCUT2D eigenvalue weighted by Crippen LogP contribution is -2.09. The van der Waals surface area contributed by atoms with Crippen LogP contribution in [-0.4, -0.2) is 19.7 Å². The van der Waals surface area contributed by atoms with Crippen LogP contribution in [0, 0.1) is 0 Å². The molecule has 0 saturated carbocycles. The van der Waals surface area contributed by atoms with E-state index in [1.807, 2.05) is 0 Å². The number of thiazole rings is 1. The van der Waals surface area contributed by atoms with Gasteiger partial charge in [0.15, 0.2) is 5.13 Å². The summed E-state index contributed by atoms with van der Waals surface area (Å²) in [4.78, 5) is 4.40. The van der Waals surface area contributed by atoms with Crippen molar-refractivity contribution in [1.29, 1.82) is 0 Å². The summed E-state index contributed by atoms with van der Waals surface area (Å²) >= 11 is 1.31. The Morgan fingerprint density at radius 1 is 0.963 bits per heavy atom. The minimum Gasteiger partial charge on any atom is -0.332 e. The number of hydrogen-bond acceptors (Lipinski definition) is 5. The van der Waals surface area contributed by atoms with E-state index in [-0.39, 0.29) is 0 Å². The third-order valence-electron chi connectivity index (χ3n) is 3.45. The SMILES string of the molecule is CS(=O)(=O)Nc1ccc(-c2csc(Nc3ccc(C(F)(F)F)cc3)n2)cc1.